The van der Waals surface area contributed by atoms with Gasteiger partial charge in [0, 0.05) is 5.11 Å². The molecular formula is C12H15ClN4O4. The Morgan fingerprint density at radius 3 is 2.14 bits per heavy atom. The van der Waals surface area contributed by atoms with E-state index in [-0.39, 0.29) is 0 Å². The SMILES string of the molecule is COc1ccc(/N=N/c2n(C)cc[n+]2C)cc1.[O-][Cl+2]([O-])[O-]. The third-order valence-electron chi connectivity index (χ3n) is 2.47. The second kappa shape index (κ2) is 8.32. The number of aromatic nitrogens is 2. The summed E-state index contributed by atoms with van der Waals surface area (Å²) < 4.78 is 34.1. The maximum Gasteiger partial charge on any atom is 0.421 e. The molecule has 0 saturated heterocycles. The Labute approximate surface area is 125 Å². The molecule has 0 aliphatic rings. The monoisotopic (exact) mass is 314 g/mol. The number of ether oxygens (including phenoxy) is 1. The first-order chi connectivity index (χ1) is 9.93. The predicted octanol–water partition coefficient (Wildman–Crippen LogP) is -1.29. The molecular weight excluding hydrogens is 300 g/mol. The summed E-state index contributed by atoms with van der Waals surface area (Å²) in [5.74, 6) is 1.61. The van der Waals surface area contributed by atoms with Crippen molar-refractivity contribution in [2.45, 2.75) is 0 Å². The lowest BCUT2D eigenvalue weighted by Gasteiger charge is -1.96. The van der Waals surface area contributed by atoms with E-state index in [9.17, 15) is 0 Å². The first kappa shape index (κ1) is 17.1. The van der Waals surface area contributed by atoms with E-state index in [0.717, 1.165) is 17.4 Å². The first-order valence-electron chi connectivity index (χ1n) is 5.74. The van der Waals surface area contributed by atoms with Gasteiger partial charge in [-0.25, -0.2) is 9.13 Å². The molecule has 2 rings (SSSR count). The molecule has 1 aromatic heterocycles. The van der Waals surface area contributed by atoms with Gasteiger partial charge < -0.3 is 18.7 Å². The van der Waals surface area contributed by atoms with Crippen molar-refractivity contribution in [3.63, 3.8) is 0 Å². The Kier molecular flexibility index (Phi) is 6.76. The number of rotatable bonds is 3. The van der Waals surface area contributed by atoms with E-state index in [2.05, 4.69) is 10.2 Å². The number of methoxy groups -OCH3 is 1. The molecule has 114 valence electrons. The van der Waals surface area contributed by atoms with Crippen LogP contribution >= 0.6 is 0 Å². The zero-order chi connectivity index (χ0) is 15.8. The smallest absolute Gasteiger partial charge is 0.421 e. The summed E-state index contributed by atoms with van der Waals surface area (Å²) >= 11 is 0. The first-order valence-corrected chi connectivity index (χ1v) is 6.66. The van der Waals surface area contributed by atoms with Crippen molar-refractivity contribution in [2.75, 3.05) is 7.11 Å². The highest BCUT2D eigenvalue weighted by atomic mass is 35.6. The van der Waals surface area contributed by atoms with E-state index in [1.165, 1.54) is 0 Å². The molecule has 0 fully saturated rings. The van der Waals surface area contributed by atoms with Crippen LogP contribution in [0.3, 0.4) is 0 Å². The van der Waals surface area contributed by atoms with E-state index in [0.29, 0.717) is 0 Å². The van der Waals surface area contributed by atoms with Crippen molar-refractivity contribution >= 4 is 11.6 Å². The molecule has 0 radical (unpaired) electrons. The van der Waals surface area contributed by atoms with E-state index in [1.54, 1.807) is 7.11 Å². The normalized spacial score (nSPS) is 10.6. The van der Waals surface area contributed by atoms with E-state index in [1.807, 2.05) is 59.9 Å². The number of benzene rings is 1. The second-order valence-electron chi connectivity index (χ2n) is 3.91. The van der Waals surface area contributed by atoms with Crippen LogP contribution in [0.15, 0.2) is 46.9 Å². The summed E-state index contributed by atoms with van der Waals surface area (Å²) in [5.41, 5.74) is 0.798. The minimum Gasteiger partial charge on any atom is -0.497 e. The van der Waals surface area contributed by atoms with Gasteiger partial charge in [0.25, 0.3) is 0 Å². The maximum absolute atomic E-state index is 8.41. The largest absolute Gasteiger partial charge is 0.497 e. The van der Waals surface area contributed by atoms with Crippen LogP contribution in [0.2, 0.25) is 0 Å². The van der Waals surface area contributed by atoms with Gasteiger partial charge in [0.2, 0.25) is 0 Å². The lowest BCUT2D eigenvalue weighted by atomic mass is 10.3. The lowest BCUT2D eigenvalue weighted by Crippen LogP contribution is -2.42. The van der Waals surface area contributed by atoms with Gasteiger partial charge in [-0.05, 0) is 24.3 Å². The summed E-state index contributed by atoms with van der Waals surface area (Å²) in [4.78, 5) is 0. The minimum absolute atomic E-state index is 0.792. The average Bonchev–Trinajstić information content (AvgIpc) is 2.76. The van der Waals surface area contributed by atoms with Crippen LogP contribution in [0.4, 0.5) is 11.6 Å². The van der Waals surface area contributed by atoms with Gasteiger partial charge in [-0.15, -0.1) is 0 Å². The molecule has 0 aliphatic carbocycles. The molecule has 0 spiro atoms. The van der Waals surface area contributed by atoms with Crippen LogP contribution in [0.25, 0.3) is 0 Å². The Hall–Kier alpha value is -2.00. The van der Waals surface area contributed by atoms with Crippen LogP contribution in [-0.2, 0) is 14.1 Å². The average molecular weight is 315 g/mol. The topological polar surface area (TPSA) is 112 Å². The van der Waals surface area contributed by atoms with Gasteiger partial charge in [0.15, 0.2) is 0 Å². The van der Waals surface area contributed by atoms with E-state index >= 15 is 0 Å². The van der Waals surface area contributed by atoms with E-state index in [4.69, 9.17) is 18.7 Å². The Morgan fingerprint density at radius 2 is 1.71 bits per heavy atom. The highest BCUT2D eigenvalue weighted by molar-refractivity contribution is 5.40. The molecule has 2 aromatic rings. The summed E-state index contributed by atoms with van der Waals surface area (Å²) in [6, 6.07) is 7.45. The third kappa shape index (κ3) is 5.88. The second-order valence-corrected chi connectivity index (χ2v) is 4.28. The molecule has 1 heterocycles. The van der Waals surface area contributed by atoms with Crippen LogP contribution < -0.4 is 23.3 Å². The highest BCUT2D eigenvalue weighted by Crippen LogP contribution is 2.19. The van der Waals surface area contributed by atoms with E-state index < -0.39 is 10.8 Å². The number of azo groups is 1. The summed E-state index contributed by atoms with van der Waals surface area (Å²) in [6.07, 6.45) is 3.87. The fraction of sp³-hybridized carbons (Fsp3) is 0.250. The molecule has 0 amide bonds. The number of hydrogen-bond donors (Lipinski definition) is 0. The standard InChI is InChI=1S/C12H15N4O.ClO3/c1-15-8-9-16(2)12(15)14-13-10-4-6-11(17-3)7-5-10;2-1(3)4/h4-9H,1-3H3;/q+1;-1. The Morgan fingerprint density at radius 1 is 1.14 bits per heavy atom. The molecule has 0 N–H and O–H groups in total. The third-order valence-corrected chi connectivity index (χ3v) is 2.47. The number of hydrogen-bond acceptors (Lipinski definition) is 6. The Bertz CT molecular complexity index is 561. The zero-order valence-corrected chi connectivity index (χ0v) is 12.5. The van der Waals surface area contributed by atoms with Gasteiger partial charge in [0.05, 0.1) is 44.4 Å². The molecule has 0 saturated carbocycles. The van der Waals surface area contributed by atoms with Crippen molar-refractivity contribution in [3.05, 3.63) is 36.7 Å². The fourth-order valence-corrected chi connectivity index (χ4v) is 1.47. The van der Waals surface area contributed by atoms with Gasteiger partial charge in [-0.1, -0.05) is 5.11 Å². The predicted molar refractivity (Wildman–Crippen MR) is 63.8 cm³/mol. The van der Waals surface area contributed by atoms with Crippen molar-refractivity contribution in [2.24, 2.45) is 24.3 Å². The molecule has 21 heavy (non-hydrogen) atoms. The summed E-state index contributed by atoms with van der Waals surface area (Å²) in [7, 11) is 2.65. The van der Waals surface area contributed by atoms with Gasteiger partial charge in [-0.2, -0.15) is 0 Å². The summed E-state index contributed by atoms with van der Waals surface area (Å²) in [5, 5.41) is 8.37. The summed E-state index contributed by atoms with van der Waals surface area (Å²) in [6.45, 7) is 0. The van der Waals surface area contributed by atoms with Crippen molar-refractivity contribution in [1.82, 2.24) is 4.57 Å². The van der Waals surface area contributed by atoms with Gasteiger partial charge in [0.1, 0.15) is 11.4 Å². The molecule has 8 nitrogen and oxygen atoms in total. The minimum atomic E-state index is -2.85. The lowest BCUT2D eigenvalue weighted by molar-refractivity contribution is -1.73. The van der Waals surface area contributed by atoms with Crippen LogP contribution in [0.5, 0.6) is 5.75 Å². The van der Waals surface area contributed by atoms with Crippen LogP contribution in [0, 0.1) is 10.8 Å². The van der Waals surface area contributed by atoms with Crippen molar-refractivity contribution in [3.8, 4) is 5.75 Å². The highest BCUT2D eigenvalue weighted by Gasteiger charge is 2.09. The number of aryl methyl sites for hydroxylation is 2. The van der Waals surface area contributed by atoms with Gasteiger partial charge >= 0.3 is 5.95 Å². The van der Waals surface area contributed by atoms with Crippen molar-refractivity contribution < 1.29 is 34.1 Å². The van der Waals surface area contributed by atoms with Gasteiger partial charge in [-0.3, -0.25) is 0 Å². The molecule has 0 aliphatic heterocycles. The number of halogens is 1. The fourth-order valence-electron chi connectivity index (χ4n) is 1.47. The maximum atomic E-state index is 8.41. The molecule has 9 heteroatoms. The number of nitrogens with zero attached hydrogens (tertiary/aromatic N) is 4. The molecule has 0 bridgehead atoms. The van der Waals surface area contributed by atoms with Crippen LogP contribution in [-0.4, -0.2) is 11.7 Å². The van der Waals surface area contributed by atoms with Crippen molar-refractivity contribution in [1.29, 1.82) is 0 Å². The Balaban J connectivity index is 0.000000491. The molecule has 0 atom stereocenters. The van der Waals surface area contributed by atoms with Crippen LogP contribution in [0.1, 0.15) is 0 Å². The molecule has 1 aromatic carbocycles. The number of imidazole rings is 1. The zero-order valence-electron chi connectivity index (χ0n) is 11.8. The quantitative estimate of drug-likeness (QED) is 0.518. The molecule has 0 unspecified atom stereocenters.